The lowest BCUT2D eigenvalue weighted by Gasteiger charge is -2.27. The largest absolute Gasteiger partial charge is 0.494 e. The first-order chi connectivity index (χ1) is 10.3. The molecule has 0 aliphatic carbocycles. The summed E-state index contributed by atoms with van der Waals surface area (Å²) in [6, 6.07) is 12.4. The average Bonchev–Trinajstić information content (AvgIpc) is 2.52. The van der Waals surface area contributed by atoms with Crippen LogP contribution < -0.4 is 14.8 Å². The Bertz CT molecular complexity index is 613. The molecule has 1 aliphatic rings. The van der Waals surface area contributed by atoms with Crippen LogP contribution in [0.15, 0.2) is 42.5 Å². The SMILES string of the molecule is CCCOc1ccc(C2CNc3ccc(F)cc3O2)cc1. The van der Waals surface area contributed by atoms with Gasteiger partial charge in [0.15, 0.2) is 0 Å². The van der Waals surface area contributed by atoms with Gasteiger partial charge in [-0.15, -0.1) is 0 Å². The van der Waals surface area contributed by atoms with E-state index in [9.17, 15) is 4.39 Å². The van der Waals surface area contributed by atoms with Crippen molar-refractivity contribution >= 4 is 5.69 Å². The summed E-state index contributed by atoms with van der Waals surface area (Å²) in [6.07, 6.45) is 0.860. The molecule has 1 N–H and O–H groups in total. The van der Waals surface area contributed by atoms with E-state index >= 15 is 0 Å². The summed E-state index contributed by atoms with van der Waals surface area (Å²) >= 11 is 0. The fourth-order valence-electron chi connectivity index (χ4n) is 2.32. The van der Waals surface area contributed by atoms with Gasteiger partial charge in [-0.2, -0.15) is 0 Å². The first-order valence-electron chi connectivity index (χ1n) is 7.19. The van der Waals surface area contributed by atoms with E-state index < -0.39 is 0 Å². The summed E-state index contributed by atoms with van der Waals surface area (Å²) in [5.74, 6) is 1.12. The van der Waals surface area contributed by atoms with Gasteiger partial charge < -0.3 is 14.8 Å². The minimum absolute atomic E-state index is 0.125. The molecule has 1 atom stereocenters. The number of anilines is 1. The molecule has 0 fully saturated rings. The zero-order chi connectivity index (χ0) is 14.7. The van der Waals surface area contributed by atoms with Crippen LogP contribution in [0.5, 0.6) is 11.5 Å². The first-order valence-corrected chi connectivity index (χ1v) is 7.19. The molecule has 2 aromatic carbocycles. The van der Waals surface area contributed by atoms with Crippen LogP contribution in [0, 0.1) is 5.82 Å². The fourth-order valence-corrected chi connectivity index (χ4v) is 2.32. The molecule has 1 aliphatic heterocycles. The van der Waals surface area contributed by atoms with E-state index in [0.717, 1.165) is 23.4 Å². The van der Waals surface area contributed by atoms with E-state index in [4.69, 9.17) is 9.47 Å². The minimum atomic E-state index is -0.292. The normalized spacial score (nSPS) is 16.6. The van der Waals surface area contributed by atoms with Crippen molar-refractivity contribution in [1.29, 1.82) is 0 Å². The number of rotatable bonds is 4. The summed E-state index contributed by atoms with van der Waals surface area (Å²) in [5.41, 5.74) is 1.87. The van der Waals surface area contributed by atoms with Crippen molar-refractivity contribution in [1.82, 2.24) is 0 Å². The number of hydrogen-bond donors (Lipinski definition) is 1. The molecule has 21 heavy (non-hydrogen) atoms. The van der Waals surface area contributed by atoms with Crippen molar-refractivity contribution in [2.45, 2.75) is 19.4 Å². The highest BCUT2D eigenvalue weighted by Gasteiger charge is 2.21. The number of halogens is 1. The van der Waals surface area contributed by atoms with E-state index in [1.807, 2.05) is 24.3 Å². The summed E-state index contributed by atoms with van der Waals surface area (Å²) in [6.45, 7) is 3.45. The molecule has 110 valence electrons. The Morgan fingerprint density at radius 3 is 2.81 bits per heavy atom. The van der Waals surface area contributed by atoms with Gasteiger partial charge in [-0.25, -0.2) is 4.39 Å². The summed E-state index contributed by atoms with van der Waals surface area (Å²) in [5, 5.41) is 3.26. The molecule has 3 nitrogen and oxygen atoms in total. The molecule has 3 rings (SSSR count). The van der Waals surface area contributed by atoms with Crippen LogP contribution in [-0.2, 0) is 0 Å². The molecule has 0 spiro atoms. The maximum Gasteiger partial charge on any atom is 0.146 e. The van der Waals surface area contributed by atoms with Crippen molar-refractivity contribution in [3.63, 3.8) is 0 Å². The topological polar surface area (TPSA) is 30.5 Å². The van der Waals surface area contributed by atoms with Gasteiger partial charge in [-0.1, -0.05) is 19.1 Å². The lowest BCUT2D eigenvalue weighted by molar-refractivity contribution is 0.209. The van der Waals surface area contributed by atoms with Crippen LogP contribution in [0.2, 0.25) is 0 Å². The van der Waals surface area contributed by atoms with Crippen molar-refractivity contribution in [2.75, 3.05) is 18.5 Å². The van der Waals surface area contributed by atoms with E-state index in [1.165, 1.54) is 12.1 Å². The second-order valence-electron chi connectivity index (χ2n) is 5.05. The third-order valence-electron chi connectivity index (χ3n) is 3.42. The average molecular weight is 287 g/mol. The Labute approximate surface area is 123 Å². The molecule has 0 saturated heterocycles. The zero-order valence-electron chi connectivity index (χ0n) is 11.9. The van der Waals surface area contributed by atoms with Gasteiger partial charge in [-0.3, -0.25) is 0 Å². The summed E-state index contributed by atoms with van der Waals surface area (Å²) in [4.78, 5) is 0. The molecule has 1 unspecified atom stereocenters. The van der Waals surface area contributed by atoms with E-state index in [0.29, 0.717) is 18.9 Å². The third kappa shape index (κ3) is 3.10. The molecule has 0 saturated carbocycles. The standard InChI is InChI=1S/C17H18FNO2/c1-2-9-20-14-6-3-12(4-7-14)17-11-19-15-8-5-13(18)10-16(15)21-17/h3-8,10,17,19H,2,9,11H2,1H3. The Morgan fingerprint density at radius 2 is 2.05 bits per heavy atom. The smallest absolute Gasteiger partial charge is 0.146 e. The van der Waals surface area contributed by atoms with Gasteiger partial charge in [0.1, 0.15) is 23.4 Å². The van der Waals surface area contributed by atoms with Crippen molar-refractivity contribution in [3.8, 4) is 11.5 Å². The molecule has 1 heterocycles. The molecular formula is C17H18FNO2. The van der Waals surface area contributed by atoms with Gasteiger partial charge in [0.05, 0.1) is 18.8 Å². The quantitative estimate of drug-likeness (QED) is 0.916. The third-order valence-corrected chi connectivity index (χ3v) is 3.42. The minimum Gasteiger partial charge on any atom is -0.494 e. The predicted molar refractivity (Wildman–Crippen MR) is 80.5 cm³/mol. The lowest BCUT2D eigenvalue weighted by Crippen LogP contribution is -2.23. The number of ether oxygens (including phenoxy) is 2. The van der Waals surface area contributed by atoms with Crippen LogP contribution in [0.4, 0.5) is 10.1 Å². The highest BCUT2D eigenvalue weighted by atomic mass is 19.1. The van der Waals surface area contributed by atoms with E-state index in [-0.39, 0.29) is 11.9 Å². The lowest BCUT2D eigenvalue weighted by atomic mass is 10.1. The zero-order valence-corrected chi connectivity index (χ0v) is 11.9. The number of hydrogen-bond acceptors (Lipinski definition) is 3. The summed E-state index contributed by atoms with van der Waals surface area (Å²) in [7, 11) is 0. The number of fused-ring (bicyclic) bond motifs is 1. The molecule has 0 bridgehead atoms. The van der Waals surface area contributed by atoms with Gasteiger partial charge >= 0.3 is 0 Å². The van der Waals surface area contributed by atoms with E-state index in [2.05, 4.69) is 12.2 Å². The number of benzene rings is 2. The Kier molecular flexibility index (Phi) is 3.95. The Balaban J connectivity index is 1.73. The summed E-state index contributed by atoms with van der Waals surface area (Å²) < 4.78 is 24.7. The van der Waals surface area contributed by atoms with Crippen molar-refractivity contribution < 1.29 is 13.9 Å². The molecule has 4 heteroatoms. The molecular weight excluding hydrogens is 269 g/mol. The highest BCUT2D eigenvalue weighted by Crippen LogP contribution is 2.34. The molecule has 0 amide bonds. The van der Waals surface area contributed by atoms with Gasteiger partial charge in [0, 0.05) is 6.07 Å². The van der Waals surface area contributed by atoms with Gasteiger partial charge in [0.2, 0.25) is 0 Å². The molecule has 0 aromatic heterocycles. The van der Waals surface area contributed by atoms with Crippen LogP contribution >= 0.6 is 0 Å². The number of nitrogens with one attached hydrogen (secondary N) is 1. The van der Waals surface area contributed by atoms with Crippen molar-refractivity contribution in [2.24, 2.45) is 0 Å². The second-order valence-corrected chi connectivity index (χ2v) is 5.05. The van der Waals surface area contributed by atoms with E-state index in [1.54, 1.807) is 6.07 Å². The molecule has 2 aromatic rings. The predicted octanol–water partition coefficient (Wildman–Crippen LogP) is 4.16. The monoisotopic (exact) mass is 287 g/mol. The fraction of sp³-hybridized carbons (Fsp3) is 0.294. The Morgan fingerprint density at radius 1 is 1.24 bits per heavy atom. The van der Waals surface area contributed by atoms with Gasteiger partial charge in [-0.05, 0) is 36.2 Å². The van der Waals surface area contributed by atoms with Crippen LogP contribution in [-0.4, -0.2) is 13.2 Å². The second kappa shape index (κ2) is 6.04. The maximum absolute atomic E-state index is 13.3. The van der Waals surface area contributed by atoms with Crippen molar-refractivity contribution in [3.05, 3.63) is 53.8 Å². The Hall–Kier alpha value is -2.23. The first kappa shape index (κ1) is 13.7. The van der Waals surface area contributed by atoms with Crippen LogP contribution in [0.25, 0.3) is 0 Å². The van der Waals surface area contributed by atoms with Crippen LogP contribution in [0.1, 0.15) is 25.0 Å². The highest BCUT2D eigenvalue weighted by molar-refractivity contribution is 5.58. The van der Waals surface area contributed by atoms with Crippen LogP contribution in [0.3, 0.4) is 0 Å². The van der Waals surface area contributed by atoms with Gasteiger partial charge in [0.25, 0.3) is 0 Å². The maximum atomic E-state index is 13.3. The molecule has 0 radical (unpaired) electrons.